The van der Waals surface area contributed by atoms with Gasteiger partial charge in [0.1, 0.15) is 5.76 Å². The largest absolute Gasteiger partial charge is 0.507 e. The van der Waals surface area contributed by atoms with Crippen LogP contribution in [-0.4, -0.2) is 35.1 Å². The molecule has 0 aliphatic carbocycles. The Hall–Kier alpha value is -2.30. The van der Waals surface area contributed by atoms with E-state index in [0.717, 1.165) is 37.7 Å². The predicted octanol–water partition coefficient (Wildman–Crippen LogP) is 1.84. The van der Waals surface area contributed by atoms with Crippen LogP contribution in [0.25, 0.3) is 5.76 Å². The highest BCUT2D eigenvalue weighted by Gasteiger charge is 2.14. The molecular formula is C14H15NO4. The molecule has 5 heteroatoms. The van der Waals surface area contributed by atoms with Crippen LogP contribution in [0.15, 0.2) is 30.3 Å². The molecule has 0 atom stereocenters. The number of nitrogens with zero attached hydrogens (tertiary/aromatic N) is 1. The third-order valence-electron chi connectivity index (χ3n) is 3.09. The Balaban J connectivity index is 2.22. The summed E-state index contributed by atoms with van der Waals surface area (Å²) in [6, 6.07) is 7.10. The summed E-state index contributed by atoms with van der Waals surface area (Å²) in [4.78, 5) is 23.6. The van der Waals surface area contributed by atoms with Crippen molar-refractivity contribution in [1.82, 2.24) is 0 Å². The van der Waals surface area contributed by atoms with Crippen molar-refractivity contribution in [2.24, 2.45) is 0 Å². The van der Waals surface area contributed by atoms with E-state index in [0.29, 0.717) is 5.56 Å². The first kappa shape index (κ1) is 13.1. The lowest BCUT2D eigenvalue weighted by atomic mass is 10.1. The van der Waals surface area contributed by atoms with Crippen molar-refractivity contribution in [2.45, 2.75) is 12.8 Å². The molecule has 0 saturated carbocycles. The summed E-state index contributed by atoms with van der Waals surface area (Å²) in [5.74, 6) is -3.04. The maximum atomic E-state index is 11.0. The molecule has 1 aliphatic heterocycles. The van der Waals surface area contributed by atoms with Crippen LogP contribution in [0.3, 0.4) is 0 Å². The molecule has 0 aromatic heterocycles. The molecule has 2 rings (SSSR count). The second kappa shape index (κ2) is 5.56. The molecule has 100 valence electrons. The Labute approximate surface area is 110 Å². The molecule has 5 nitrogen and oxygen atoms in total. The highest BCUT2D eigenvalue weighted by atomic mass is 16.4. The Kier molecular flexibility index (Phi) is 3.85. The molecule has 0 spiro atoms. The van der Waals surface area contributed by atoms with Gasteiger partial charge >= 0.3 is 5.97 Å². The number of rotatable bonds is 4. The minimum absolute atomic E-state index is 0.326. The van der Waals surface area contributed by atoms with Crippen LogP contribution in [0.2, 0.25) is 0 Å². The van der Waals surface area contributed by atoms with E-state index in [-0.39, 0.29) is 5.76 Å². The van der Waals surface area contributed by atoms with Gasteiger partial charge in [-0.25, -0.2) is 4.79 Å². The first-order valence-electron chi connectivity index (χ1n) is 6.11. The van der Waals surface area contributed by atoms with Gasteiger partial charge in [0.15, 0.2) is 0 Å². The minimum Gasteiger partial charge on any atom is -0.507 e. The zero-order valence-electron chi connectivity index (χ0n) is 10.4. The number of hydrogen-bond acceptors (Lipinski definition) is 4. The van der Waals surface area contributed by atoms with E-state index in [1.165, 1.54) is 0 Å². The van der Waals surface area contributed by atoms with Crippen LogP contribution in [0.5, 0.6) is 0 Å². The summed E-state index contributed by atoms with van der Waals surface area (Å²) in [6.07, 6.45) is 3.01. The topological polar surface area (TPSA) is 77.8 Å². The predicted molar refractivity (Wildman–Crippen MR) is 71.1 cm³/mol. The Bertz CT molecular complexity index is 530. The van der Waals surface area contributed by atoms with Gasteiger partial charge in [-0.3, -0.25) is 4.79 Å². The molecule has 1 aromatic carbocycles. The smallest absolute Gasteiger partial charge is 0.376 e. The summed E-state index contributed by atoms with van der Waals surface area (Å²) in [7, 11) is 0. The fraction of sp³-hybridized carbons (Fsp3) is 0.286. The second-order valence-corrected chi connectivity index (χ2v) is 4.44. The van der Waals surface area contributed by atoms with Crippen LogP contribution in [-0.2, 0) is 9.59 Å². The number of carbonyl (C=O) groups excluding carboxylic acids is 1. The normalized spacial score (nSPS) is 15.6. The van der Waals surface area contributed by atoms with Crippen molar-refractivity contribution in [3.05, 3.63) is 35.9 Å². The quantitative estimate of drug-likeness (QED) is 0.491. The van der Waals surface area contributed by atoms with E-state index in [9.17, 15) is 14.7 Å². The van der Waals surface area contributed by atoms with Crippen LogP contribution in [0, 0.1) is 0 Å². The second-order valence-electron chi connectivity index (χ2n) is 4.44. The molecule has 0 unspecified atom stereocenters. The zero-order chi connectivity index (χ0) is 13.8. The zero-order valence-corrected chi connectivity index (χ0v) is 10.4. The number of aliphatic hydroxyl groups is 1. The third-order valence-corrected chi connectivity index (χ3v) is 3.09. The van der Waals surface area contributed by atoms with Gasteiger partial charge in [-0.15, -0.1) is 0 Å². The average molecular weight is 261 g/mol. The van der Waals surface area contributed by atoms with Gasteiger partial charge in [-0.1, -0.05) is 12.1 Å². The van der Waals surface area contributed by atoms with Crippen molar-refractivity contribution >= 4 is 23.2 Å². The van der Waals surface area contributed by atoms with E-state index < -0.39 is 11.8 Å². The summed E-state index contributed by atoms with van der Waals surface area (Å²) in [5.41, 5.74) is 1.41. The van der Waals surface area contributed by atoms with Gasteiger partial charge in [0, 0.05) is 30.4 Å². The van der Waals surface area contributed by atoms with E-state index in [1.807, 2.05) is 6.07 Å². The third kappa shape index (κ3) is 3.13. The highest BCUT2D eigenvalue weighted by molar-refractivity contribution is 6.38. The van der Waals surface area contributed by atoms with Crippen molar-refractivity contribution in [3.63, 3.8) is 0 Å². The maximum Gasteiger partial charge on any atom is 0.376 e. The van der Waals surface area contributed by atoms with Gasteiger partial charge in [-0.05, 0) is 25.0 Å². The molecule has 1 heterocycles. The minimum atomic E-state index is -1.58. The molecule has 0 radical (unpaired) electrons. The Morgan fingerprint density at radius 2 is 1.84 bits per heavy atom. The number of carbonyl (C=O) groups is 2. The van der Waals surface area contributed by atoms with Crippen LogP contribution >= 0.6 is 0 Å². The lowest BCUT2D eigenvalue weighted by Gasteiger charge is -2.18. The molecule has 19 heavy (non-hydrogen) atoms. The number of hydrogen-bond donors (Lipinski definition) is 2. The Morgan fingerprint density at radius 3 is 2.47 bits per heavy atom. The maximum absolute atomic E-state index is 11.0. The van der Waals surface area contributed by atoms with E-state index in [2.05, 4.69) is 4.90 Å². The molecule has 1 saturated heterocycles. The first-order valence-corrected chi connectivity index (χ1v) is 6.11. The van der Waals surface area contributed by atoms with Crippen molar-refractivity contribution in [2.75, 3.05) is 18.0 Å². The summed E-state index contributed by atoms with van der Waals surface area (Å²) in [5, 5.41) is 18.3. The molecular weight excluding hydrogens is 246 g/mol. The Morgan fingerprint density at radius 1 is 1.16 bits per heavy atom. The lowest BCUT2D eigenvalue weighted by molar-refractivity contribution is -0.146. The lowest BCUT2D eigenvalue weighted by Crippen LogP contribution is -2.17. The highest BCUT2D eigenvalue weighted by Crippen LogP contribution is 2.23. The number of aliphatic hydroxyl groups excluding tert-OH is 1. The molecule has 1 fully saturated rings. The summed E-state index contributed by atoms with van der Waals surface area (Å²) in [6.45, 7) is 1.95. The van der Waals surface area contributed by atoms with Crippen LogP contribution in [0.1, 0.15) is 18.4 Å². The van der Waals surface area contributed by atoms with Gasteiger partial charge in [0.25, 0.3) is 5.78 Å². The SMILES string of the molecule is O=C(O)C(=O)/C=C(\O)c1cccc(N2CCCC2)c1. The number of carboxylic acid groups (broad SMARTS) is 1. The van der Waals surface area contributed by atoms with Gasteiger partial charge < -0.3 is 15.1 Å². The number of carboxylic acids is 1. The molecule has 2 N–H and O–H groups in total. The van der Waals surface area contributed by atoms with E-state index in [1.54, 1.807) is 18.2 Å². The fourth-order valence-electron chi connectivity index (χ4n) is 2.11. The molecule has 0 bridgehead atoms. The molecule has 1 aliphatic rings. The summed E-state index contributed by atoms with van der Waals surface area (Å²) >= 11 is 0. The number of anilines is 1. The van der Waals surface area contributed by atoms with E-state index in [4.69, 9.17) is 5.11 Å². The number of benzene rings is 1. The first-order chi connectivity index (χ1) is 9.08. The van der Waals surface area contributed by atoms with Crippen molar-refractivity contribution < 1.29 is 19.8 Å². The van der Waals surface area contributed by atoms with Gasteiger partial charge in [0.2, 0.25) is 0 Å². The molecule has 0 amide bonds. The van der Waals surface area contributed by atoms with Crippen LogP contribution in [0.4, 0.5) is 5.69 Å². The number of aliphatic carboxylic acids is 1. The average Bonchev–Trinajstić information content (AvgIpc) is 2.92. The van der Waals surface area contributed by atoms with Crippen molar-refractivity contribution in [3.8, 4) is 0 Å². The fourth-order valence-corrected chi connectivity index (χ4v) is 2.11. The van der Waals surface area contributed by atoms with Gasteiger partial charge in [-0.2, -0.15) is 0 Å². The monoisotopic (exact) mass is 261 g/mol. The van der Waals surface area contributed by atoms with Crippen LogP contribution < -0.4 is 4.90 Å². The van der Waals surface area contributed by atoms with Crippen molar-refractivity contribution in [1.29, 1.82) is 0 Å². The van der Waals surface area contributed by atoms with E-state index >= 15 is 0 Å². The van der Waals surface area contributed by atoms with Gasteiger partial charge in [0.05, 0.1) is 0 Å². The molecule has 1 aromatic rings. The number of ketones is 1. The standard InChI is InChI=1S/C14H15NO4/c16-12(9-13(17)14(18)19)10-4-3-5-11(8-10)15-6-1-2-7-15/h3-5,8-9,16H,1-2,6-7H2,(H,18,19)/b12-9-. The summed E-state index contributed by atoms with van der Waals surface area (Å²) < 4.78 is 0.